The predicted molar refractivity (Wildman–Crippen MR) is 85.0 cm³/mol. The van der Waals surface area contributed by atoms with Gasteiger partial charge in [-0.15, -0.1) is 13.2 Å². The largest absolute Gasteiger partial charge is 0.573 e. The van der Waals surface area contributed by atoms with Crippen LogP contribution in [0.15, 0.2) is 66.7 Å². The van der Waals surface area contributed by atoms with Crippen LogP contribution in [0.4, 0.5) is 18.9 Å². The van der Waals surface area contributed by atoms with Crippen LogP contribution in [0.5, 0.6) is 5.75 Å². The van der Waals surface area contributed by atoms with Crippen molar-refractivity contribution < 1.29 is 22.7 Å². The topological polar surface area (TPSA) is 38.3 Å². The number of alkyl halides is 3. The van der Waals surface area contributed by atoms with Crippen molar-refractivity contribution in [2.24, 2.45) is 0 Å². The summed E-state index contributed by atoms with van der Waals surface area (Å²) >= 11 is 0. The molecule has 0 aliphatic rings. The fourth-order valence-corrected chi connectivity index (χ4v) is 2.40. The smallest absolute Gasteiger partial charge is 0.404 e. The van der Waals surface area contributed by atoms with Gasteiger partial charge in [0.25, 0.3) is 5.91 Å². The molecule has 6 heteroatoms. The van der Waals surface area contributed by atoms with Gasteiger partial charge in [-0.05, 0) is 29.0 Å². The number of fused-ring (bicyclic) bond motifs is 1. The van der Waals surface area contributed by atoms with Gasteiger partial charge < -0.3 is 10.1 Å². The second-order valence-corrected chi connectivity index (χ2v) is 5.02. The summed E-state index contributed by atoms with van der Waals surface area (Å²) in [5.74, 6) is -0.969. The summed E-state index contributed by atoms with van der Waals surface area (Å²) in [6.45, 7) is 0. The van der Waals surface area contributed by atoms with Crippen LogP contribution in [0, 0.1) is 0 Å². The van der Waals surface area contributed by atoms with Gasteiger partial charge in [0.15, 0.2) is 5.75 Å². The van der Waals surface area contributed by atoms with Crippen LogP contribution in [-0.2, 0) is 0 Å². The molecule has 3 nitrogen and oxygen atoms in total. The molecule has 0 saturated carbocycles. The number of hydrogen-bond donors (Lipinski definition) is 1. The van der Waals surface area contributed by atoms with Crippen molar-refractivity contribution in [3.05, 3.63) is 72.3 Å². The van der Waals surface area contributed by atoms with E-state index in [0.29, 0.717) is 10.9 Å². The van der Waals surface area contributed by atoms with Gasteiger partial charge in [-0.2, -0.15) is 0 Å². The molecule has 0 radical (unpaired) electrons. The molecule has 0 heterocycles. The summed E-state index contributed by atoms with van der Waals surface area (Å²) < 4.78 is 41.3. The van der Waals surface area contributed by atoms with Crippen LogP contribution in [-0.4, -0.2) is 12.3 Å². The molecule has 0 atom stereocenters. The molecule has 24 heavy (non-hydrogen) atoms. The molecule has 0 spiro atoms. The van der Waals surface area contributed by atoms with Crippen molar-refractivity contribution in [3.8, 4) is 5.75 Å². The maximum absolute atomic E-state index is 12.5. The van der Waals surface area contributed by atoms with E-state index in [1.807, 2.05) is 18.2 Å². The molecule has 0 aliphatic carbocycles. The first-order valence-corrected chi connectivity index (χ1v) is 7.08. The number of rotatable bonds is 3. The Hall–Kier alpha value is -3.02. The number of carbonyl (C=O) groups is 1. The Kier molecular flexibility index (Phi) is 4.12. The maximum Gasteiger partial charge on any atom is 0.573 e. The van der Waals surface area contributed by atoms with Crippen LogP contribution < -0.4 is 10.1 Å². The summed E-state index contributed by atoms with van der Waals surface area (Å²) in [7, 11) is 0. The number of para-hydroxylation sites is 2. The van der Waals surface area contributed by atoms with E-state index in [0.717, 1.165) is 11.5 Å². The number of benzene rings is 3. The highest BCUT2D eigenvalue weighted by Gasteiger charge is 2.32. The van der Waals surface area contributed by atoms with Crippen molar-refractivity contribution in [1.82, 2.24) is 0 Å². The van der Waals surface area contributed by atoms with E-state index >= 15 is 0 Å². The Morgan fingerprint density at radius 2 is 1.54 bits per heavy atom. The van der Waals surface area contributed by atoms with E-state index < -0.39 is 18.0 Å². The summed E-state index contributed by atoms with van der Waals surface area (Å²) in [4.78, 5) is 12.5. The fraction of sp³-hybridized carbons (Fsp3) is 0.0556. The number of ether oxygens (including phenoxy) is 1. The molecule has 0 saturated heterocycles. The first-order valence-electron chi connectivity index (χ1n) is 7.08. The summed E-state index contributed by atoms with van der Waals surface area (Å²) in [6, 6.07) is 17.9. The molecule has 1 amide bonds. The predicted octanol–water partition coefficient (Wildman–Crippen LogP) is 4.99. The quantitative estimate of drug-likeness (QED) is 0.734. The molecule has 3 rings (SSSR count). The minimum Gasteiger partial charge on any atom is -0.404 e. The lowest BCUT2D eigenvalue weighted by molar-refractivity contribution is -0.274. The zero-order chi connectivity index (χ0) is 17.2. The van der Waals surface area contributed by atoms with Gasteiger partial charge in [0.2, 0.25) is 0 Å². The van der Waals surface area contributed by atoms with Gasteiger partial charge in [-0.1, -0.05) is 48.5 Å². The second kappa shape index (κ2) is 6.23. The average Bonchev–Trinajstić information content (AvgIpc) is 2.55. The van der Waals surface area contributed by atoms with Gasteiger partial charge in [0, 0.05) is 5.56 Å². The highest BCUT2D eigenvalue weighted by Crippen LogP contribution is 2.30. The van der Waals surface area contributed by atoms with Gasteiger partial charge in [0.1, 0.15) is 0 Å². The number of anilines is 1. The van der Waals surface area contributed by atoms with Crippen molar-refractivity contribution >= 4 is 22.4 Å². The Morgan fingerprint density at radius 3 is 2.33 bits per heavy atom. The van der Waals surface area contributed by atoms with Crippen LogP contribution in [0.1, 0.15) is 10.4 Å². The molecule has 0 bridgehead atoms. The van der Waals surface area contributed by atoms with E-state index in [2.05, 4.69) is 10.1 Å². The number of halogens is 3. The molecule has 3 aromatic carbocycles. The van der Waals surface area contributed by atoms with E-state index in [1.165, 1.54) is 18.2 Å². The lowest BCUT2D eigenvalue weighted by atomic mass is 10.0. The Labute approximate surface area is 135 Å². The van der Waals surface area contributed by atoms with E-state index in [1.54, 1.807) is 24.3 Å². The summed E-state index contributed by atoms with van der Waals surface area (Å²) in [5.41, 5.74) is 0.322. The summed E-state index contributed by atoms with van der Waals surface area (Å²) in [5, 5.41) is 4.06. The molecule has 1 N–H and O–H groups in total. The zero-order valence-corrected chi connectivity index (χ0v) is 12.3. The van der Waals surface area contributed by atoms with E-state index in [9.17, 15) is 18.0 Å². The normalized spacial score (nSPS) is 11.3. The molecule has 0 fully saturated rings. The minimum atomic E-state index is -4.83. The fourth-order valence-electron chi connectivity index (χ4n) is 2.40. The summed E-state index contributed by atoms with van der Waals surface area (Å²) in [6.07, 6.45) is -4.83. The van der Waals surface area contributed by atoms with Gasteiger partial charge in [-0.3, -0.25) is 4.79 Å². The van der Waals surface area contributed by atoms with Crippen molar-refractivity contribution in [2.45, 2.75) is 6.36 Å². The highest BCUT2D eigenvalue weighted by molar-refractivity contribution is 6.13. The van der Waals surface area contributed by atoms with E-state index in [4.69, 9.17) is 0 Å². The molecule has 0 aliphatic heterocycles. The van der Waals surface area contributed by atoms with Crippen molar-refractivity contribution in [3.63, 3.8) is 0 Å². The first kappa shape index (κ1) is 15.9. The molecular formula is C18H12F3NO2. The van der Waals surface area contributed by atoms with Crippen LogP contribution in [0.2, 0.25) is 0 Å². The van der Waals surface area contributed by atoms with Crippen LogP contribution in [0.3, 0.4) is 0 Å². The third kappa shape index (κ3) is 3.48. The molecule has 3 aromatic rings. The number of hydrogen-bond acceptors (Lipinski definition) is 2. The zero-order valence-electron chi connectivity index (χ0n) is 12.3. The standard InChI is InChI=1S/C18H12F3NO2/c19-18(20,21)24-16-11-4-3-10-15(16)22-17(23)14-9-5-7-12-6-1-2-8-13(12)14/h1-11H,(H,22,23). The van der Waals surface area contributed by atoms with Gasteiger partial charge in [-0.25, -0.2) is 0 Å². The van der Waals surface area contributed by atoms with Gasteiger partial charge in [0.05, 0.1) is 5.69 Å². The SMILES string of the molecule is O=C(Nc1ccccc1OC(F)(F)F)c1cccc2ccccc12. The van der Waals surface area contributed by atoms with Gasteiger partial charge >= 0.3 is 6.36 Å². The lowest BCUT2D eigenvalue weighted by Gasteiger charge is -2.14. The minimum absolute atomic E-state index is 0.0484. The van der Waals surface area contributed by atoms with Crippen LogP contribution in [0.25, 0.3) is 10.8 Å². The number of amides is 1. The first-order chi connectivity index (χ1) is 11.4. The third-order valence-corrected chi connectivity index (χ3v) is 3.40. The monoisotopic (exact) mass is 331 g/mol. The Morgan fingerprint density at radius 1 is 0.875 bits per heavy atom. The molecular weight excluding hydrogens is 319 g/mol. The molecule has 0 aromatic heterocycles. The highest BCUT2D eigenvalue weighted by atomic mass is 19.4. The third-order valence-electron chi connectivity index (χ3n) is 3.40. The van der Waals surface area contributed by atoms with Crippen molar-refractivity contribution in [2.75, 3.05) is 5.32 Å². The number of nitrogens with one attached hydrogen (secondary N) is 1. The molecule has 122 valence electrons. The molecule has 0 unspecified atom stereocenters. The Balaban J connectivity index is 1.93. The second-order valence-electron chi connectivity index (χ2n) is 5.02. The number of carbonyl (C=O) groups excluding carboxylic acids is 1. The lowest BCUT2D eigenvalue weighted by Crippen LogP contribution is -2.19. The Bertz CT molecular complexity index is 885. The maximum atomic E-state index is 12.5. The average molecular weight is 331 g/mol. The van der Waals surface area contributed by atoms with E-state index in [-0.39, 0.29) is 5.69 Å². The van der Waals surface area contributed by atoms with Crippen molar-refractivity contribution in [1.29, 1.82) is 0 Å². The van der Waals surface area contributed by atoms with Crippen LogP contribution >= 0.6 is 0 Å².